The zero-order chi connectivity index (χ0) is 21.1. The van der Waals surface area contributed by atoms with Crippen molar-refractivity contribution in [1.29, 1.82) is 0 Å². The molecular formula is C22H25N3O3S2. The monoisotopic (exact) mass is 443 g/mol. The van der Waals surface area contributed by atoms with E-state index in [1.165, 1.54) is 22.9 Å². The molecule has 8 heteroatoms. The molecule has 2 aromatic carbocycles. The van der Waals surface area contributed by atoms with Gasteiger partial charge >= 0.3 is 0 Å². The number of sulfone groups is 1. The number of aryl methyl sites for hydroxylation is 1. The lowest BCUT2D eigenvalue weighted by Gasteiger charge is -2.09. The third-order valence-electron chi connectivity index (χ3n) is 5.21. The molecule has 0 aromatic heterocycles. The number of amidine groups is 1. The van der Waals surface area contributed by atoms with Crippen LogP contribution >= 0.6 is 11.8 Å². The second-order valence-corrected chi connectivity index (χ2v) is 11.2. The normalized spacial score (nSPS) is 21.7. The lowest BCUT2D eigenvalue weighted by atomic mass is 10.1. The molecule has 6 nitrogen and oxygen atoms in total. The number of fused-ring (bicyclic) bond motifs is 1. The first-order chi connectivity index (χ1) is 14.4. The van der Waals surface area contributed by atoms with E-state index in [9.17, 15) is 13.2 Å². The minimum Gasteiger partial charge on any atom is -0.355 e. The Hall–Kier alpha value is -2.32. The van der Waals surface area contributed by atoms with E-state index in [0.29, 0.717) is 13.0 Å². The minimum absolute atomic E-state index is 0.00752. The number of nitrogens with zero attached hydrogens (tertiary/aromatic N) is 1. The van der Waals surface area contributed by atoms with Crippen molar-refractivity contribution >= 4 is 38.4 Å². The van der Waals surface area contributed by atoms with Crippen molar-refractivity contribution in [3.05, 3.63) is 65.2 Å². The van der Waals surface area contributed by atoms with Gasteiger partial charge in [0.1, 0.15) is 0 Å². The largest absolute Gasteiger partial charge is 0.355 e. The molecule has 0 radical (unpaired) electrons. The van der Waals surface area contributed by atoms with Gasteiger partial charge in [-0.3, -0.25) is 9.79 Å². The molecule has 0 bridgehead atoms. The zero-order valence-electron chi connectivity index (χ0n) is 16.8. The molecule has 1 fully saturated rings. The Morgan fingerprint density at radius 1 is 1.13 bits per heavy atom. The highest BCUT2D eigenvalue weighted by atomic mass is 32.2. The van der Waals surface area contributed by atoms with E-state index in [2.05, 4.69) is 40.7 Å². The molecule has 2 aromatic rings. The average molecular weight is 444 g/mol. The van der Waals surface area contributed by atoms with Crippen LogP contribution in [0.4, 0.5) is 5.69 Å². The van der Waals surface area contributed by atoms with E-state index in [1.807, 2.05) is 30.3 Å². The second-order valence-electron chi connectivity index (χ2n) is 7.82. The van der Waals surface area contributed by atoms with E-state index in [0.717, 1.165) is 22.8 Å². The number of nitrogens with one attached hydrogen (secondary N) is 2. The number of rotatable bonds is 6. The van der Waals surface area contributed by atoms with Crippen molar-refractivity contribution < 1.29 is 13.2 Å². The molecule has 2 heterocycles. The van der Waals surface area contributed by atoms with Gasteiger partial charge in [-0.25, -0.2) is 8.42 Å². The van der Waals surface area contributed by atoms with E-state index in [1.54, 1.807) is 0 Å². The van der Waals surface area contributed by atoms with Crippen molar-refractivity contribution in [2.24, 2.45) is 4.99 Å². The van der Waals surface area contributed by atoms with Gasteiger partial charge in [-0.2, -0.15) is 0 Å². The van der Waals surface area contributed by atoms with Gasteiger partial charge < -0.3 is 10.6 Å². The Kier molecular flexibility index (Phi) is 6.15. The fourth-order valence-electron chi connectivity index (χ4n) is 3.71. The van der Waals surface area contributed by atoms with Gasteiger partial charge in [0.05, 0.1) is 24.0 Å². The van der Waals surface area contributed by atoms with E-state index >= 15 is 0 Å². The van der Waals surface area contributed by atoms with Crippen LogP contribution in [-0.2, 0) is 27.5 Å². The first-order valence-corrected chi connectivity index (χ1v) is 12.7. The van der Waals surface area contributed by atoms with E-state index < -0.39 is 9.84 Å². The smallest absolute Gasteiger partial charge is 0.224 e. The number of benzene rings is 2. The lowest BCUT2D eigenvalue weighted by Crippen LogP contribution is -2.27. The van der Waals surface area contributed by atoms with Gasteiger partial charge in [0, 0.05) is 17.5 Å². The Bertz CT molecular complexity index is 1070. The van der Waals surface area contributed by atoms with E-state index in [-0.39, 0.29) is 28.7 Å². The molecule has 2 atom stereocenters. The molecule has 0 saturated carbocycles. The summed E-state index contributed by atoms with van der Waals surface area (Å²) >= 11 is 1.50. The number of anilines is 1. The van der Waals surface area contributed by atoms with Crippen molar-refractivity contribution in [2.45, 2.75) is 31.1 Å². The molecule has 30 heavy (non-hydrogen) atoms. The number of thioether (sulfide) groups is 1. The summed E-state index contributed by atoms with van der Waals surface area (Å²) in [6.45, 7) is 2.69. The summed E-state index contributed by atoms with van der Waals surface area (Å²) < 4.78 is 23.3. The number of carbonyl (C=O) groups is 1. The highest BCUT2D eigenvalue weighted by Crippen LogP contribution is 2.34. The quantitative estimate of drug-likeness (QED) is 0.717. The first-order valence-electron chi connectivity index (χ1n) is 9.99. The van der Waals surface area contributed by atoms with Crippen LogP contribution in [0, 0.1) is 6.92 Å². The van der Waals surface area contributed by atoms with Gasteiger partial charge in [-0.1, -0.05) is 53.7 Å². The topological polar surface area (TPSA) is 87.6 Å². The molecule has 0 spiro atoms. The van der Waals surface area contributed by atoms with Crippen molar-refractivity contribution in [2.75, 3.05) is 23.4 Å². The summed E-state index contributed by atoms with van der Waals surface area (Å²) in [4.78, 5) is 16.7. The molecule has 0 unspecified atom stereocenters. The van der Waals surface area contributed by atoms with Gasteiger partial charge in [0.2, 0.25) is 5.91 Å². The molecule has 2 N–H and O–H groups in total. The molecule has 158 valence electrons. The number of hydrogen-bond acceptors (Lipinski definition) is 6. The number of amides is 1. The SMILES string of the molecule is Cc1cccc(CCNC(=O)Cc2ccc(NC3=N[C@H]4CS(=O)(=O)C[C@H]4S3)cc2)c1. The summed E-state index contributed by atoms with van der Waals surface area (Å²) in [5, 5.41) is 7.02. The number of aliphatic imine (C=N–C) groups is 1. The molecule has 2 aliphatic rings. The number of hydrogen-bond donors (Lipinski definition) is 2. The standard InChI is InChI=1S/C22H25N3O3S2/c1-15-3-2-4-16(11-15)9-10-23-21(26)12-17-5-7-18(8-6-17)24-22-25-19-13-30(27,28)14-20(19)29-22/h2-8,11,19-20H,9-10,12-14H2,1H3,(H,23,26)(H,24,25)/t19-,20+/m0/s1. The maximum atomic E-state index is 12.2. The fraction of sp³-hybridized carbons (Fsp3) is 0.364. The molecule has 1 saturated heterocycles. The van der Waals surface area contributed by atoms with Crippen molar-refractivity contribution in [1.82, 2.24) is 5.32 Å². The van der Waals surface area contributed by atoms with Crippen LogP contribution in [0.1, 0.15) is 16.7 Å². The predicted molar refractivity (Wildman–Crippen MR) is 123 cm³/mol. The van der Waals surface area contributed by atoms with Gasteiger partial charge in [-0.15, -0.1) is 0 Å². The van der Waals surface area contributed by atoms with Gasteiger partial charge in [-0.05, 0) is 36.6 Å². The van der Waals surface area contributed by atoms with Crippen LogP contribution in [0.15, 0.2) is 53.5 Å². The molecular weight excluding hydrogens is 418 g/mol. The highest BCUT2D eigenvalue weighted by Gasteiger charge is 2.42. The third kappa shape index (κ3) is 5.43. The summed E-state index contributed by atoms with van der Waals surface area (Å²) in [6.07, 6.45) is 1.16. The van der Waals surface area contributed by atoms with Crippen molar-refractivity contribution in [3.63, 3.8) is 0 Å². The van der Waals surface area contributed by atoms with Gasteiger partial charge in [0.15, 0.2) is 15.0 Å². The number of carbonyl (C=O) groups excluding carboxylic acids is 1. The van der Waals surface area contributed by atoms with E-state index in [4.69, 9.17) is 0 Å². The summed E-state index contributed by atoms with van der Waals surface area (Å²) in [5.74, 6) is 0.357. The lowest BCUT2D eigenvalue weighted by molar-refractivity contribution is -0.120. The van der Waals surface area contributed by atoms with Crippen LogP contribution in [0.2, 0.25) is 0 Å². The zero-order valence-corrected chi connectivity index (χ0v) is 18.4. The Balaban J connectivity index is 1.23. The Labute approximate surface area is 181 Å². The maximum Gasteiger partial charge on any atom is 0.224 e. The molecule has 0 aliphatic carbocycles. The fourth-order valence-corrected chi connectivity index (χ4v) is 7.38. The van der Waals surface area contributed by atoms with Crippen LogP contribution < -0.4 is 10.6 Å². The Morgan fingerprint density at radius 3 is 2.67 bits per heavy atom. The maximum absolute atomic E-state index is 12.2. The first kappa shape index (κ1) is 20.9. The Morgan fingerprint density at radius 2 is 1.93 bits per heavy atom. The summed E-state index contributed by atoms with van der Waals surface area (Å²) in [7, 11) is -2.94. The average Bonchev–Trinajstić information content (AvgIpc) is 3.16. The molecule has 1 amide bonds. The highest BCUT2D eigenvalue weighted by molar-refractivity contribution is 8.15. The summed E-state index contributed by atoms with van der Waals surface area (Å²) in [5.41, 5.74) is 4.27. The van der Waals surface area contributed by atoms with Crippen LogP contribution in [0.3, 0.4) is 0 Å². The third-order valence-corrected chi connectivity index (χ3v) is 8.35. The summed E-state index contributed by atoms with van der Waals surface area (Å²) in [6, 6.07) is 15.9. The van der Waals surface area contributed by atoms with Gasteiger partial charge in [0.25, 0.3) is 0 Å². The minimum atomic E-state index is -2.94. The van der Waals surface area contributed by atoms with Crippen molar-refractivity contribution in [3.8, 4) is 0 Å². The predicted octanol–water partition coefficient (Wildman–Crippen LogP) is 2.58. The second kappa shape index (κ2) is 8.81. The molecule has 2 aliphatic heterocycles. The van der Waals surface area contributed by atoms with Crippen LogP contribution in [0.25, 0.3) is 0 Å². The van der Waals surface area contributed by atoms with Crippen LogP contribution in [-0.4, -0.2) is 48.8 Å². The van der Waals surface area contributed by atoms with Crippen LogP contribution in [0.5, 0.6) is 0 Å². The molecule has 4 rings (SSSR count).